The number of piperazine rings is 1. The molecule has 7 heteroatoms. The summed E-state index contributed by atoms with van der Waals surface area (Å²) in [4.78, 5) is 30.3. The number of ether oxygens (including phenoxy) is 1. The smallest absolute Gasteiger partial charge is 0.327 e. The zero-order chi connectivity index (χ0) is 20.4. The molecule has 2 aliphatic heterocycles. The molecular weight excluding hydrogens is 392 g/mol. The lowest BCUT2D eigenvalue weighted by molar-refractivity contribution is -0.142. The third kappa shape index (κ3) is 3.64. The van der Waals surface area contributed by atoms with Crippen molar-refractivity contribution in [1.82, 2.24) is 9.80 Å². The number of carbonyl (C=O) groups is 2. The van der Waals surface area contributed by atoms with Gasteiger partial charge in [0.15, 0.2) is 0 Å². The summed E-state index contributed by atoms with van der Waals surface area (Å²) in [6.45, 7) is 3.26. The van der Waals surface area contributed by atoms with E-state index in [9.17, 15) is 9.59 Å². The molecule has 2 aromatic rings. The lowest BCUT2D eigenvalue weighted by atomic mass is 9.72. The van der Waals surface area contributed by atoms with Gasteiger partial charge in [0.05, 0.1) is 13.0 Å². The van der Waals surface area contributed by atoms with E-state index < -0.39 is 11.4 Å². The van der Waals surface area contributed by atoms with E-state index >= 15 is 0 Å². The molecule has 2 heterocycles. The minimum Gasteiger partial charge on any atom is -0.425 e. The number of hydrogen-bond donors (Lipinski definition) is 1. The van der Waals surface area contributed by atoms with Gasteiger partial charge in [-0.1, -0.05) is 41.9 Å². The van der Waals surface area contributed by atoms with Gasteiger partial charge in [0.2, 0.25) is 5.91 Å². The van der Waals surface area contributed by atoms with Gasteiger partial charge in [-0.25, -0.2) is 0 Å². The first-order valence-electron chi connectivity index (χ1n) is 9.73. The van der Waals surface area contributed by atoms with Crippen LogP contribution in [-0.2, 0) is 15.0 Å². The molecule has 4 rings (SSSR count). The number of benzene rings is 2. The van der Waals surface area contributed by atoms with Crippen molar-refractivity contribution in [2.45, 2.75) is 11.8 Å². The molecule has 1 amide bonds. The standard InChI is InChI=1S/C22H23ClN2O4/c23-17-6-7-19-18(14-17)22(21(28)29-19,16-4-2-1-3-5-16)15-20(27)25-10-8-24(9-11-25)12-13-26/h1-7,14,26H,8-13,15H2. The Morgan fingerprint density at radius 3 is 2.52 bits per heavy atom. The third-order valence-corrected chi connectivity index (χ3v) is 6.01. The van der Waals surface area contributed by atoms with Gasteiger partial charge in [-0.3, -0.25) is 14.5 Å². The van der Waals surface area contributed by atoms with Gasteiger partial charge in [-0.2, -0.15) is 0 Å². The summed E-state index contributed by atoms with van der Waals surface area (Å²) >= 11 is 6.23. The lowest BCUT2D eigenvalue weighted by Crippen LogP contribution is -2.51. The minimum absolute atomic E-state index is 0.0107. The van der Waals surface area contributed by atoms with Gasteiger partial charge in [0, 0.05) is 43.3 Å². The second-order valence-corrected chi connectivity index (χ2v) is 7.86. The molecule has 2 aromatic carbocycles. The fourth-order valence-corrected chi connectivity index (χ4v) is 4.36. The fourth-order valence-electron chi connectivity index (χ4n) is 4.19. The molecule has 1 atom stereocenters. The molecule has 0 spiro atoms. The number of aliphatic hydroxyl groups excluding tert-OH is 1. The van der Waals surface area contributed by atoms with Crippen LogP contribution >= 0.6 is 11.6 Å². The van der Waals surface area contributed by atoms with Crippen LogP contribution in [0.4, 0.5) is 0 Å². The highest BCUT2D eigenvalue weighted by Gasteiger charge is 2.52. The largest absolute Gasteiger partial charge is 0.425 e. The number of aliphatic hydroxyl groups is 1. The van der Waals surface area contributed by atoms with Crippen LogP contribution in [0.1, 0.15) is 17.5 Å². The predicted octanol–water partition coefficient (Wildman–Crippen LogP) is 2.07. The van der Waals surface area contributed by atoms with E-state index in [0.29, 0.717) is 49.1 Å². The molecule has 6 nitrogen and oxygen atoms in total. The van der Waals surface area contributed by atoms with Gasteiger partial charge >= 0.3 is 5.97 Å². The average Bonchev–Trinajstić information content (AvgIpc) is 3.01. The summed E-state index contributed by atoms with van der Waals surface area (Å²) in [7, 11) is 0. The molecule has 0 aromatic heterocycles. The number of halogens is 1. The number of carbonyl (C=O) groups excluding carboxylic acids is 2. The van der Waals surface area contributed by atoms with E-state index in [0.717, 1.165) is 5.56 Å². The minimum atomic E-state index is -1.21. The Morgan fingerprint density at radius 2 is 1.83 bits per heavy atom. The molecule has 1 N–H and O–H groups in total. The first-order chi connectivity index (χ1) is 14.0. The van der Waals surface area contributed by atoms with Crippen molar-refractivity contribution in [3.8, 4) is 5.75 Å². The highest BCUT2D eigenvalue weighted by atomic mass is 35.5. The van der Waals surface area contributed by atoms with E-state index in [1.54, 1.807) is 23.1 Å². The number of rotatable bonds is 5. The second-order valence-electron chi connectivity index (χ2n) is 7.42. The van der Waals surface area contributed by atoms with Gasteiger partial charge < -0.3 is 14.7 Å². The summed E-state index contributed by atoms with van der Waals surface area (Å²) in [5, 5.41) is 9.60. The van der Waals surface area contributed by atoms with Crippen LogP contribution in [0.25, 0.3) is 0 Å². The molecule has 0 saturated carbocycles. The van der Waals surface area contributed by atoms with Crippen LogP contribution in [0.3, 0.4) is 0 Å². The monoisotopic (exact) mass is 414 g/mol. The van der Waals surface area contributed by atoms with Gasteiger partial charge in [0.25, 0.3) is 0 Å². The van der Waals surface area contributed by atoms with Crippen LogP contribution in [0, 0.1) is 0 Å². The number of nitrogens with zero attached hydrogens (tertiary/aromatic N) is 2. The number of esters is 1. The Bertz CT molecular complexity index is 912. The van der Waals surface area contributed by atoms with Crippen LogP contribution in [0.5, 0.6) is 5.75 Å². The Balaban J connectivity index is 1.67. The number of hydrogen-bond acceptors (Lipinski definition) is 5. The molecule has 0 radical (unpaired) electrons. The van der Waals surface area contributed by atoms with Crippen molar-refractivity contribution < 1.29 is 19.4 Å². The summed E-state index contributed by atoms with van der Waals surface area (Å²) in [6, 6.07) is 14.4. The van der Waals surface area contributed by atoms with Gasteiger partial charge in [-0.05, 0) is 23.8 Å². The van der Waals surface area contributed by atoms with E-state index in [-0.39, 0.29) is 18.9 Å². The maximum absolute atomic E-state index is 13.3. The molecular formula is C22H23ClN2O4. The van der Waals surface area contributed by atoms with Crippen molar-refractivity contribution in [1.29, 1.82) is 0 Å². The van der Waals surface area contributed by atoms with Gasteiger partial charge in [0.1, 0.15) is 11.2 Å². The quantitative estimate of drug-likeness (QED) is 0.599. The summed E-state index contributed by atoms with van der Waals surface area (Å²) in [6.07, 6.45) is -0.0107. The summed E-state index contributed by atoms with van der Waals surface area (Å²) in [5.41, 5.74) is 0.146. The molecule has 1 fully saturated rings. The van der Waals surface area contributed by atoms with Crippen molar-refractivity contribution in [3.63, 3.8) is 0 Å². The molecule has 152 valence electrons. The molecule has 2 aliphatic rings. The van der Waals surface area contributed by atoms with E-state index in [2.05, 4.69) is 4.90 Å². The highest BCUT2D eigenvalue weighted by Crippen LogP contribution is 2.48. The maximum atomic E-state index is 13.3. The first kappa shape index (κ1) is 19.9. The topological polar surface area (TPSA) is 70.1 Å². The number of fused-ring (bicyclic) bond motifs is 1. The molecule has 0 aliphatic carbocycles. The number of β-amino-alcohol motifs (C(OH)–C–C–N with tert-alkyl or cyclic N) is 1. The summed E-state index contributed by atoms with van der Waals surface area (Å²) in [5.74, 6) is -0.0978. The predicted molar refractivity (Wildman–Crippen MR) is 109 cm³/mol. The van der Waals surface area contributed by atoms with Crippen LogP contribution < -0.4 is 4.74 Å². The Kier molecular flexibility index (Phi) is 5.58. The fraction of sp³-hybridized carbons (Fsp3) is 0.364. The Morgan fingerprint density at radius 1 is 1.10 bits per heavy atom. The maximum Gasteiger partial charge on any atom is 0.327 e. The lowest BCUT2D eigenvalue weighted by Gasteiger charge is -2.36. The van der Waals surface area contributed by atoms with E-state index in [1.807, 2.05) is 30.3 Å². The zero-order valence-electron chi connectivity index (χ0n) is 16.0. The van der Waals surface area contributed by atoms with Crippen LogP contribution in [0.15, 0.2) is 48.5 Å². The third-order valence-electron chi connectivity index (χ3n) is 5.78. The van der Waals surface area contributed by atoms with Crippen LogP contribution in [-0.4, -0.2) is 66.1 Å². The molecule has 1 unspecified atom stereocenters. The van der Waals surface area contributed by atoms with Crippen LogP contribution in [0.2, 0.25) is 5.02 Å². The van der Waals surface area contributed by atoms with Crippen molar-refractivity contribution >= 4 is 23.5 Å². The first-order valence-corrected chi connectivity index (χ1v) is 10.1. The molecule has 29 heavy (non-hydrogen) atoms. The summed E-state index contributed by atoms with van der Waals surface area (Å²) < 4.78 is 5.57. The van der Waals surface area contributed by atoms with Crippen molar-refractivity contribution in [2.24, 2.45) is 0 Å². The number of amides is 1. The van der Waals surface area contributed by atoms with Gasteiger partial charge in [-0.15, -0.1) is 0 Å². The van der Waals surface area contributed by atoms with E-state index in [4.69, 9.17) is 21.4 Å². The average molecular weight is 415 g/mol. The molecule has 0 bridgehead atoms. The van der Waals surface area contributed by atoms with Crippen molar-refractivity contribution in [3.05, 3.63) is 64.7 Å². The SMILES string of the molecule is O=C(CC1(c2ccccc2)C(=O)Oc2ccc(Cl)cc21)N1CCN(CCO)CC1. The highest BCUT2D eigenvalue weighted by molar-refractivity contribution is 6.30. The Labute approximate surface area is 174 Å². The Hall–Kier alpha value is -2.41. The normalized spacial score (nSPS) is 21.7. The second kappa shape index (κ2) is 8.14. The zero-order valence-corrected chi connectivity index (χ0v) is 16.8. The van der Waals surface area contributed by atoms with Crippen molar-refractivity contribution in [2.75, 3.05) is 39.3 Å². The van der Waals surface area contributed by atoms with E-state index in [1.165, 1.54) is 0 Å². The molecule has 1 saturated heterocycles.